The minimum Gasteiger partial charge on any atom is -0.481 e. The van der Waals surface area contributed by atoms with Gasteiger partial charge in [0.05, 0.1) is 19.5 Å². The van der Waals surface area contributed by atoms with Crippen molar-refractivity contribution in [3.63, 3.8) is 0 Å². The zero-order chi connectivity index (χ0) is 8.27. The summed E-state index contributed by atoms with van der Waals surface area (Å²) >= 11 is 1.58. The number of carboxylic acid groups (broad SMARTS) is 1. The van der Waals surface area contributed by atoms with Crippen LogP contribution in [-0.4, -0.2) is 39.7 Å². The molecule has 0 saturated carbocycles. The zero-order valence-corrected chi connectivity index (χ0v) is 6.93. The topological polar surface area (TPSA) is 66.3 Å². The van der Waals surface area contributed by atoms with Crippen LogP contribution in [0.3, 0.4) is 0 Å². The highest BCUT2D eigenvalue weighted by atomic mass is 32.2. The lowest BCUT2D eigenvalue weighted by atomic mass is 10.4. The van der Waals surface area contributed by atoms with Crippen LogP contribution >= 0.6 is 11.8 Å². The number of carbonyl (C=O) groups is 1. The van der Waals surface area contributed by atoms with Crippen molar-refractivity contribution in [2.45, 2.75) is 6.42 Å². The Morgan fingerprint density at radius 2 is 2.55 bits per heavy atom. The summed E-state index contributed by atoms with van der Waals surface area (Å²) in [6.45, 7) is 1.41. The second-order valence-electron chi connectivity index (χ2n) is 2.32. The summed E-state index contributed by atoms with van der Waals surface area (Å²) < 4.78 is 1.90. The summed E-state index contributed by atoms with van der Waals surface area (Å²) in [5.74, 6) is 0.209. The molecule has 3 N–H and O–H groups in total. The zero-order valence-electron chi connectivity index (χ0n) is 6.12. The van der Waals surface area contributed by atoms with E-state index in [9.17, 15) is 4.79 Å². The van der Waals surface area contributed by atoms with Gasteiger partial charge in [-0.2, -0.15) is 0 Å². The molecule has 0 aliphatic carbocycles. The third-order valence-electron chi connectivity index (χ3n) is 1.52. The summed E-state index contributed by atoms with van der Waals surface area (Å²) in [5.41, 5.74) is 5.58. The highest BCUT2D eigenvalue weighted by Crippen LogP contribution is 2.07. The van der Waals surface area contributed by atoms with E-state index in [2.05, 4.69) is 0 Å². The van der Waals surface area contributed by atoms with E-state index >= 15 is 0 Å². The van der Waals surface area contributed by atoms with E-state index in [-0.39, 0.29) is 6.42 Å². The highest BCUT2D eigenvalue weighted by Gasteiger charge is 2.17. The molecule has 62 valence electrons. The normalized spacial score (nSPS) is 17.5. The van der Waals surface area contributed by atoms with Crippen molar-refractivity contribution in [2.24, 2.45) is 5.73 Å². The molecule has 0 atom stereocenters. The number of hydrogen-bond donors (Lipinski definition) is 2. The summed E-state index contributed by atoms with van der Waals surface area (Å²) in [4.78, 5) is 10.2. The Morgan fingerprint density at radius 3 is 3.00 bits per heavy atom. The number of carboxylic acids is 1. The molecule has 0 unspecified atom stereocenters. The molecular weight excluding hydrogens is 164 g/mol. The SMILES string of the molecule is NC1=[N+](CCC(=O)O)CCS1. The number of nitrogens with two attached hydrogens (primary N) is 1. The molecule has 0 radical (unpaired) electrons. The average Bonchev–Trinajstić information content (AvgIpc) is 2.31. The van der Waals surface area contributed by atoms with Crippen LogP contribution in [-0.2, 0) is 4.79 Å². The van der Waals surface area contributed by atoms with Crippen LogP contribution in [0.25, 0.3) is 0 Å². The van der Waals surface area contributed by atoms with Crippen molar-refractivity contribution in [1.29, 1.82) is 0 Å². The van der Waals surface area contributed by atoms with E-state index in [1.165, 1.54) is 0 Å². The van der Waals surface area contributed by atoms with Crippen molar-refractivity contribution in [2.75, 3.05) is 18.8 Å². The summed E-state index contributed by atoms with van der Waals surface area (Å²) in [5, 5.41) is 9.13. The maximum absolute atomic E-state index is 10.2. The Morgan fingerprint density at radius 1 is 1.82 bits per heavy atom. The van der Waals surface area contributed by atoms with E-state index < -0.39 is 5.97 Å². The average molecular weight is 175 g/mol. The first-order chi connectivity index (χ1) is 5.20. The fourth-order valence-corrected chi connectivity index (χ4v) is 1.80. The van der Waals surface area contributed by atoms with Gasteiger partial charge in [-0.3, -0.25) is 15.1 Å². The van der Waals surface area contributed by atoms with Crippen molar-refractivity contribution < 1.29 is 14.5 Å². The van der Waals surface area contributed by atoms with Crippen LogP contribution in [0.2, 0.25) is 0 Å². The Hall–Kier alpha value is -0.710. The Bertz CT molecular complexity index is 203. The first kappa shape index (κ1) is 8.39. The highest BCUT2D eigenvalue weighted by molar-refractivity contribution is 8.13. The van der Waals surface area contributed by atoms with Gasteiger partial charge in [0.2, 0.25) is 0 Å². The smallest absolute Gasteiger partial charge is 0.307 e. The number of nitrogens with zero attached hydrogens (tertiary/aromatic N) is 1. The van der Waals surface area contributed by atoms with Crippen molar-refractivity contribution in [1.82, 2.24) is 0 Å². The van der Waals surface area contributed by atoms with Crippen molar-refractivity contribution in [3.05, 3.63) is 0 Å². The molecule has 1 rings (SSSR count). The fourth-order valence-electron chi connectivity index (χ4n) is 0.914. The van der Waals surface area contributed by atoms with E-state index in [0.717, 1.165) is 17.5 Å². The van der Waals surface area contributed by atoms with Crippen LogP contribution in [0.5, 0.6) is 0 Å². The summed E-state index contributed by atoms with van der Waals surface area (Å²) in [7, 11) is 0. The molecule has 11 heavy (non-hydrogen) atoms. The van der Waals surface area contributed by atoms with Gasteiger partial charge in [-0.25, -0.2) is 0 Å². The molecule has 0 saturated heterocycles. The lowest BCUT2D eigenvalue weighted by Crippen LogP contribution is -2.23. The first-order valence-corrected chi connectivity index (χ1v) is 4.40. The maximum atomic E-state index is 10.2. The molecule has 0 fully saturated rings. The van der Waals surface area contributed by atoms with Crippen LogP contribution < -0.4 is 5.73 Å². The van der Waals surface area contributed by atoms with Gasteiger partial charge in [-0.05, 0) is 11.8 Å². The van der Waals surface area contributed by atoms with Gasteiger partial charge in [0.1, 0.15) is 0 Å². The molecule has 0 aromatic carbocycles. The predicted octanol–water partition coefficient (Wildman–Crippen LogP) is -0.465. The molecular formula is C6H11N2O2S+. The van der Waals surface area contributed by atoms with Gasteiger partial charge < -0.3 is 5.11 Å². The molecule has 0 aromatic heterocycles. The van der Waals surface area contributed by atoms with Crippen LogP contribution in [0.15, 0.2) is 0 Å². The molecule has 1 aliphatic rings. The second-order valence-corrected chi connectivity index (χ2v) is 3.43. The van der Waals surface area contributed by atoms with Gasteiger partial charge >= 0.3 is 11.1 Å². The standard InChI is InChI=1S/C6H10N2O2S/c7-6-8(3-4-11-6)2-1-5(9)10/h7H,1-4H2,(H,9,10)/p+1. The Labute approximate surface area is 69.1 Å². The number of aliphatic carboxylic acids is 1. The number of amidine groups is 1. The summed E-state index contributed by atoms with van der Waals surface area (Å²) in [6, 6.07) is 0. The second kappa shape index (κ2) is 3.61. The number of rotatable bonds is 3. The van der Waals surface area contributed by atoms with Gasteiger partial charge in [-0.1, -0.05) is 0 Å². The van der Waals surface area contributed by atoms with Gasteiger partial charge in [0, 0.05) is 5.75 Å². The minimum atomic E-state index is -0.769. The van der Waals surface area contributed by atoms with E-state index in [1.54, 1.807) is 11.8 Å². The van der Waals surface area contributed by atoms with E-state index in [4.69, 9.17) is 10.8 Å². The molecule has 0 bridgehead atoms. The molecule has 0 spiro atoms. The van der Waals surface area contributed by atoms with Gasteiger partial charge in [0.25, 0.3) is 0 Å². The number of hydrogen-bond acceptors (Lipinski definition) is 3. The van der Waals surface area contributed by atoms with Crippen LogP contribution in [0.1, 0.15) is 6.42 Å². The molecule has 0 aromatic rings. The van der Waals surface area contributed by atoms with E-state index in [1.807, 2.05) is 4.58 Å². The van der Waals surface area contributed by atoms with Crippen molar-refractivity contribution in [3.8, 4) is 0 Å². The third kappa shape index (κ3) is 2.42. The predicted molar refractivity (Wildman–Crippen MR) is 43.9 cm³/mol. The lowest BCUT2D eigenvalue weighted by Gasteiger charge is -1.97. The lowest BCUT2D eigenvalue weighted by molar-refractivity contribution is -0.517. The van der Waals surface area contributed by atoms with Gasteiger partial charge in [0.15, 0.2) is 0 Å². The monoisotopic (exact) mass is 175 g/mol. The minimum absolute atomic E-state index is 0.168. The fraction of sp³-hybridized carbons (Fsp3) is 0.667. The number of thioether (sulfide) groups is 1. The molecule has 0 amide bonds. The molecule has 1 aliphatic heterocycles. The van der Waals surface area contributed by atoms with Crippen LogP contribution in [0, 0.1) is 0 Å². The van der Waals surface area contributed by atoms with Crippen LogP contribution in [0.4, 0.5) is 0 Å². The Kier molecular flexibility index (Phi) is 2.76. The third-order valence-corrected chi connectivity index (χ3v) is 2.46. The maximum Gasteiger partial charge on any atom is 0.307 e. The molecule has 4 nitrogen and oxygen atoms in total. The van der Waals surface area contributed by atoms with E-state index in [0.29, 0.717) is 6.54 Å². The van der Waals surface area contributed by atoms with Gasteiger partial charge in [-0.15, -0.1) is 0 Å². The largest absolute Gasteiger partial charge is 0.481 e. The Balaban J connectivity index is 2.36. The first-order valence-electron chi connectivity index (χ1n) is 3.42. The molecule has 5 heteroatoms. The van der Waals surface area contributed by atoms with Crippen molar-refractivity contribution >= 4 is 22.9 Å². The summed E-state index contributed by atoms with van der Waals surface area (Å²) in [6.07, 6.45) is 0.168. The molecule has 1 heterocycles. The quantitative estimate of drug-likeness (QED) is 0.569.